The summed E-state index contributed by atoms with van der Waals surface area (Å²) in [6, 6.07) is 8.68. The Morgan fingerprint density at radius 1 is 1.23 bits per heavy atom. The molecule has 3 aliphatic rings. The van der Waals surface area contributed by atoms with Gasteiger partial charge >= 0.3 is 12.0 Å². The Labute approximate surface area is 311 Å². The third-order valence-electron chi connectivity index (χ3n) is 11.1. The minimum atomic E-state index is -0.982. The molecule has 2 N–H and O–H groups in total. The first-order chi connectivity index (χ1) is 25.4. The molecule has 6 heterocycles. The van der Waals surface area contributed by atoms with Gasteiger partial charge in [0.15, 0.2) is 5.82 Å². The fraction of sp³-hybridized carbons (Fsp3) is 0.378. The molecular weight excluding hydrogens is 727 g/mol. The predicted octanol–water partition coefficient (Wildman–Crippen LogP) is 7.09. The van der Waals surface area contributed by atoms with Gasteiger partial charge in [-0.05, 0) is 56.5 Å². The van der Waals surface area contributed by atoms with Gasteiger partial charge in [-0.25, -0.2) is 18.0 Å². The number of thiophene rings is 1. The third-order valence-corrected chi connectivity index (χ3v) is 12.4. The van der Waals surface area contributed by atoms with Gasteiger partial charge in [0.2, 0.25) is 0 Å². The number of likely N-dealkylation sites (N-methyl/N-ethyl adjacent to an activating group) is 1. The lowest BCUT2D eigenvalue weighted by Gasteiger charge is -2.33. The molecule has 0 aliphatic carbocycles. The molecular formula is C37H33ClF3N9O2S. The molecule has 3 fully saturated rings. The topological polar surface area (TPSA) is 140 Å². The normalized spacial score (nSPS) is 22.7. The molecule has 53 heavy (non-hydrogen) atoms. The molecule has 0 spiro atoms. The van der Waals surface area contributed by atoms with E-state index >= 15 is 4.39 Å². The molecule has 8 rings (SSSR count). The van der Waals surface area contributed by atoms with E-state index in [1.165, 1.54) is 29.0 Å². The molecule has 0 radical (unpaired) electrons. The second-order valence-corrected chi connectivity index (χ2v) is 15.5. The van der Waals surface area contributed by atoms with Gasteiger partial charge in [0, 0.05) is 55.3 Å². The number of nitrogens with two attached hydrogens (primary N) is 1. The van der Waals surface area contributed by atoms with Gasteiger partial charge in [-0.15, -0.1) is 11.3 Å². The van der Waals surface area contributed by atoms with Crippen molar-refractivity contribution in [2.45, 2.75) is 56.4 Å². The zero-order valence-electron chi connectivity index (χ0n) is 28.7. The van der Waals surface area contributed by atoms with Crippen LogP contribution in [0, 0.1) is 34.3 Å². The lowest BCUT2D eigenvalue weighted by molar-refractivity contribution is 0.107. The van der Waals surface area contributed by atoms with E-state index in [1.54, 1.807) is 24.2 Å². The number of likely N-dealkylation sites (tertiary alicyclic amines) is 1. The van der Waals surface area contributed by atoms with Crippen LogP contribution in [0.4, 0.5) is 28.8 Å². The van der Waals surface area contributed by atoms with Gasteiger partial charge in [-0.1, -0.05) is 17.7 Å². The second kappa shape index (κ2) is 13.1. The number of rotatable bonds is 6. The van der Waals surface area contributed by atoms with Crippen molar-refractivity contribution in [1.82, 2.24) is 24.3 Å². The number of alkyl halides is 1. The van der Waals surface area contributed by atoms with E-state index in [0.717, 1.165) is 30.7 Å². The minimum Gasteiger partial charge on any atom is -0.461 e. The predicted molar refractivity (Wildman–Crippen MR) is 196 cm³/mol. The fourth-order valence-corrected chi connectivity index (χ4v) is 9.74. The average Bonchev–Trinajstić information content (AvgIpc) is 3.96. The quantitative estimate of drug-likeness (QED) is 0.192. The number of amides is 1. The number of hydrogen-bond donors (Lipinski definition) is 1. The molecule has 0 saturated carbocycles. The number of aromatic nitrogens is 3. The fourth-order valence-electron chi connectivity index (χ4n) is 8.49. The molecule has 1 amide bonds. The summed E-state index contributed by atoms with van der Waals surface area (Å²) in [4.78, 5) is 28.5. The molecule has 3 aliphatic heterocycles. The number of nitrogens with zero attached hydrogens (tertiary/aromatic N) is 8. The first-order valence-electron chi connectivity index (χ1n) is 17.2. The highest BCUT2D eigenvalue weighted by Gasteiger charge is 2.49. The molecule has 0 unspecified atom stereocenters. The number of nitrogen functional groups attached to an aromatic ring is 1. The van der Waals surface area contributed by atoms with Crippen LogP contribution in [0.15, 0.2) is 36.7 Å². The van der Waals surface area contributed by atoms with E-state index < -0.39 is 23.3 Å². The Hall–Kier alpha value is -5.09. The van der Waals surface area contributed by atoms with Crippen LogP contribution in [-0.2, 0) is 0 Å². The van der Waals surface area contributed by atoms with Gasteiger partial charge in [0.05, 0.1) is 38.5 Å². The van der Waals surface area contributed by atoms with Crippen molar-refractivity contribution in [3.8, 4) is 29.3 Å². The molecule has 5 aromatic rings. The Morgan fingerprint density at radius 2 is 2.04 bits per heavy atom. The summed E-state index contributed by atoms with van der Waals surface area (Å²) in [5.74, 6) is -1.14. The summed E-state index contributed by atoms with van der Waals surface area (Å²) in [6.45, 7) is 3.51. The summed E-state index contributed by atoms with van der Waals surface area (Å²) < 4.78 is 54.5. The lowest BCUT2D eigenvalue weighted by Crippen LogP contribution is -2.45. The summed E-state index contributed by atoms with van der Waals surface area (Å²) >= 11 is 7.78. The monoisotopic (exact) mass is 759 g/mol. The maximum absolute atomic E-state index is 17.2. The van der Waals surface area contributed by atoms with Crippen LogP contribution in [-0.4, -0.2) is 87.4 Å². The number of carbonyl (C=O) groups is 1. The smallest absolute Gasteiger partial charge is 0.328 e. The number of anilines is 2. The zero-order chi connectivity index (χ0) is 37.3. The van der Waals surface area contributed by atoms with E-state index in [-0.39, 0.29) is 78.4 Å². The van der Waals surface area contributed by atoms with E-state index in [0.29, 0.717) is 37.3 Å². The van der Waals surface area contributed by atoms with E-state index in [9.17, 15) is 24.1 Å². The Kier molecular flexibility index (Phi) is 8.64. The van der Waals surface area contributed by atoms with Crippen molar-refractivity contribution in [2.24, 2.45) is 0 Å². The Morgan fingerprint density at radius 3 is 2.79 bits per heavy atom. The van der Waals surface area contributed by atoms with Crippen LogP contribution >= 0.6 is 22.9 Å². The summed E-state index contributed by atoms with van der Waals surface area (Å²) in [5.41, 5.74) is 5.90. The highest BCUT2D eigenvalue weighted by atomic mass is 35.5. The van der Waals surface area contributed by atoms with Crippen LogP contribution < -0.4 is 15.4 Å². The second-order valence-electron chi connectivity index (χ2n) is 14.0. The first kappa shape index (κ1) is 35.0. The SMILES string of the molecule is C[C@@H]1[C@H](N(C)c2nc(OC[C@@]34CCCN3C[C@H](F)C4)nc3c(F)c(-c4ccc(F)c5sc(N)c(C#N)c45)c(Cl)cc23)CCN1C(=O)n1ccc(C#N)c1. The Bertz CT molecular complexity index is 2410. The van der Waals surface area contributed by atoms with Crippen LogP contribution in [0.3, 0.4) is 0 Å². The number of fused-ring (bicyclic) bond motifs is 3. The van der Waals surface area contributed by atoms with Crippen LogP contribution in [0.5, 0.6) is 6.01 Å². The molecule has 2 aromatic carbocycles. The first-order valence-corrected chi connectivity index (χ1v) is 18.4. The van der Waals surface area contributed by atoms with Crippen LogP contribution in [0.2, 0.25) is 5.02 Å². The molecule has 11 nitrogen and oxygen atoms in total. The summed E-state index contributed by atoms with van der Waals surface area (Å²) in [6.07, 6.45) is 4.56. The maximum atomic E-state index is 17.2. The van der Waals surface area contributed by atoms with Crippen LogP contribution in [0.1, 0.15) is 43.7 Å². The van der Waals surface area contributed by atoms with Gasteiger partial charge in [0.1, 0.15) is 47.1 Å². The molecule has 4 atom stereocenters. The van der Waals surface area contributed by atoms with Crippen molar-refractivity contribution in [3.05, 3.63) is 64.4 Å². The molecule has 0 bridgehead atoms. The molecule has 3 saturated heterocycles. The van der Waals surface area contributed by atoms with E-state index in [4.69, 9.17) is 27.1 Å². The van der Waals surface area contributed by atoms with Gasteiger partial charge in [-0.3, -0.25) is 9.47 Å². The number of halogens is 4. The number of hydrogen-bond acceptors (Lipinski definition) is 10. The van der Waals surface area contributed by atoms with Gasteiger partial charge < -0.3 is 20.3 Å². The molecule has 3 aromatic heterocycles. The number of ether oxygens (including phenoxy) is 1. The summed E-state index contributed by atoms with van der Waals surface area (Å²) in [7, 11) is 1.79. The number of carbonyl (C=O) groups excluding carboxylic acids is 1. The van der Waals surface area contributed by atoms with Crippen molar-refractivity contribution in [3.63, 3.8) is 0 Å². The average molecular weight is 760 g/mol. The van der Waals surface area contributed by atoms with Gasteiger partial charge in [0.25, 0.3) is 0 Å². The van der Waals surface area contributed by atoms with E-state index in [1.807, 2.05) is 24.0 Å². The van der Waals surface area contributed by atoms with Crippen molar-refractivity contribution < 1.29 is 22.7 Å². The maximum Gasteiger partial charge on any atom is 0.328 e. The molecule has 16 heteroatoms. The lowest BCUT2D eigenvalue weighted by atomic mass is 9.95. The number of nitriles is 2. The number of benzene rings is 2. The third kappa shape index (κ3) is 5.61. The zero-order valence-corrected chi connectivity index (χ0v) is 30.3. The van der Waals surface area contributed by atoms with E-state index in [2.05, 4.69) is 9.88 Å². The largest absolute Gasteiger partial charge is 0.461 e. The highest BCUT2D eigenvalue weighted by Crippen LogP contribution is 2.46. The van der Waals surface area contributed by atoms with Crippen molar-refractivity contribution >= 4 is 60.8 Å². The Balaban J connectivity index is 1.23. The summed E-state index contributed by atoms with van der Waals surface area (Å²) in [5, 5.41) is 19.6. The van der Waals surface area contributed by atoms with Gasteiger partial charge in [-0.2, -0.15) is 20.5 Å². The molecule has 272 valence electrons. The van der Waals surface area contributed by atoms with Crippen molar-refractivity contribution in [1.29, 1.82) is 10.5 Å². The minimum absolute atomic E-state index is 0.0170. The van der Waals surface area contributed by atoms with Crippen molar-refractivity contribution in [2.75, 3.05) is 43.9 Å². The van der Waals surface area contributed by atoms with Crippen LogP contribution in [0.25, 0.3) is 32.1 Å². The standard InChI is InChI=1S/C37H33ClF3N9O2S/c1-19-27(7-11-50(19)36(51)48-10-6-20(14-42)16-48)47(2)34-23-12-25(38)29(22-4-5-26(40)32-28(22)24(15-43)33(44)53-32)30(41)31(23)45-35(46-34)52-18-37-8-3-9-49(37)17-21(39)13-37/h4-6,10,12,16,19,21,27H,3,7-9,11,13,17-18,44H2,1-2H3/t19-,21-,27-,37+/m1/s1. The highest BCUT2D eigenvalue weighted by molar-refractivity contribution is 7.23.